The molecule has 0 heterocycles. The van der Waals surface area contributed by atoms with E-state index in [1.54, 1.807) is 19.9 Å². The molecule has 0 amide bonds. The van der Waals surface area contributed by atoms with Gasteiger partial charge in [0, 0.05) is 0 Å². The molecular formula is C21H19ClF4O2. The van der Waals surface area contributed by atoms with E-state index in [0.29, 0.717) is 16.7 Å². The maximum atomic E-state index is 13.7. The van der Waals surface area contributed by atoms with Gasteiger partial charge in [0.1, 0.15) is 5.82 Å². The SMILES string of the molecule is CCOC(=O)c1ccc(/C=C/C(c2cc(C)c(F)c(Cl)c2)C(F)(F)F)cc1C. The molecule has 1 unspecified atom stereocenters. The number of halogens is 5. The molecular weight excluding hydrogens is 396 g/mol. The Labute approximate surface area is 165 Å². The summed E-state index contributed by atoms with van der Waals surface area (Å²) in [4.78, 5) is 11.8. The third kappa shape index (κ3) is 5.13. The number of hydrogen-bond acceptors (Lipinski definition) is 2. The average Bonchev–Trinajstić information content (AvgIpc) is 2.58. The normalized spacial score (nSPS) is 13.0. The van der Waals surface area contributed by atoms with Gasteiger partial charge in [-0.05, 0) is 55.2 Å². The van der Waals surface area contributed by atoms with E-state index in [2.05, 4.69) is 0 Å². The molecule has 0 saturated heterocycles. The topological polar surface area (TPSA) is 26.3 Å². The first-order valence-corrected chi connectivity index (χ1v) is 8.90. The van der Waals surface area contributed by atoms with Gasteiger partial charge < -0.3 is 4.74 Å². The Bertz CT molecular complexity index is 881. The average molecular weight is 415 g/mol. The van der Waals surface area contributed by atoms with Crippen LogP contribution in [0.3, 0.4) is 0 Å². The first-order chi connectivity index (χ1) is 13.0. The smallest absolute Gasteiger partial charge is 0.399 e. The van der Waals surface area contributed by atoms with Crippen molar-refractivity contribution in [1.29, 1.82) is 0 Å². The lowest BCUT2D eigenvalue weighted by Gasteiger charge is -2.18. The molecule has 150 valence electrons. The van der Waals surface area contributed by atoms with Gasteiger partial charge in [-0.25, -0.2) is 9.18 Å². The second-order valence-corrected chi connectivity index (χ2v) is 6.71. The minimum absolute atomic E-state index is 0.0415. The van der Waals surface area contributed by atoms with Crippen molar-refractivity contribution in [1.82, 2.24) is 0 Å². The van der Waals surface area contributed by atoms with Crippen LogP contribution in [0.1, 0.15) is 45.5 Å². The van der Waals surface area contributed by atoms with Gasteiger partial charge in [-0.2, -0.15) is 13.2 Å². The van der Waals surface area contributed by atoms with E-state index >= 15 is 0 Å². The Hall–Kier alpha value is -2.34. The minimum Gasteiger partial charge on any atom is -0.462 e. The van der Waals surface area contributed by atoms with Crippen LogP contribution in [0.4, 0.5) is 17.6 Å². The van der Waals surface area contributed by atoms with E-state index in [1.807, 2.05) is 0 Å². The molecule has 0 aliphatic rings. The predicted molar refractivity (Wildman–Crippen MR) is 101 cm³/mol. The summed E-state index contributed by atoms with van der Waals surface area (Å²) in [5.74, 6) is -3.17. The summed E-state index contributed by atoms with van der Waals surface area (Å²) in [6.07, 6.45) is -2.28. The molecule has 0 saturated carbocycles. The second kappa shape index (κ2) is 8.78. The lowest BCUT2D eigenvalue weighted by molar-refractivity contribution is -0.139. The lowest BCUT2D eigenvalue weighted by atomic mass is 9.95. The van der Waals surface area contributed by atoms with Gasteiger partial charge in [0.25, 0.3) is 0 Å². The van der Waals surface area contributed by atoms with Crippen molar-refractivity contribution in [3.63, 3.8) is 0 Å². The molecule has 0 radical (unpaired) electrons. The quantitative estimate of drug-likeness (QED) is 0.405. The van der Waals surface area contributed by atoms with Crippen LogP contribution in [0.15, 0.2) is 36.4 Å². The fourth-order valence-electron chi connectivity index (χ4n) is 2.78. The van der Waals surface area contributed by atoms with E-state index in [4.69, 9.17) is 16.3 Å². The van der Waals surface area contributed by atoms with Gasteiger partial charge in [-0.3, -0.25) is 0 Å². The van der Waals surface area contributed by atoms with Crippen LogP contribution in [0.25, 0.3) is 6.08 Å². The molecule has 7 heteroatoms. The van der Waals surface area contributed by atoms with E-state index < -0.39 is 23.9 Å². The lowest BCUT2D eigenvalue weighted by Crippen LogP contribution is -2.19. The molecule has 0 N–H and O–H groups in total. The summed E-state index contributed by atoms with van der Waals surface area (Å²) in [6.45, 7) is 4.95. The largest absolute Gasteiger partial charge is 0.462 e. The molecule has 0 bridgehead atoms. The Morgan fingerprint density at radius 3 is 2.39 bits per heavy atom. The van der Waals surface area contributed by atoms with Gasteiger partial charge in [-0.15, -0.1) is 0 Å². The molecule has 2 aromatic rings. The highest BCUT2D eigenvalue weighted by Gasteiger charge is 2.39. The van der Waals surface area contributed by atoms with Gasteiger partial charge in [0.05, 0.1) is 23.1 Å². The fourth-order valence-corrected chi connectivity index (χ4v) is 3.05. The molecule has 0 fully saturated rings. The summed E-state index contributed by atoms with van der Waals surface area (Å²) < 4.78 is 59.3. The van der Waals surface area contributed by atoms with Gasteiger partial charge in [0.15, 0.2) is 0 Å². The summed E-state index contributed by atoms with van der Waals surface area (Å²) in [5.41, 5.74) is 1.33. The summed E-state index contributed by atoms with van der Waals surface area (Å²) in [6, 6.07) is 6.76. The number of ether oxygens (including phenoxy) is 1. The second-order valence-electron chi connectivity index (χ2n) is 6.31. The molecule has 28 heavy (non-hydrogen) atoms. The zero-order chi connectivity index (χ0) is 21.1. The standard InChI is InChI=1S/C21H19ClF4O2/c1-4-28-20(27)16-7-5-14(9-12(16)2)6-8-17(21(24,25)26)15-10-13(3)19(23)18(22)11-15/h5-11,17H,4H2,1-3H3/b8-6+. The van der Waals surface area contributed by atoms with Gasteiger partial charge in [0.2, 0.25) is 0 Å². The Kier molecular flexibility index (Phi) is 6.88. The number of benzene rings is 2. The van der Waals surface area contributed by atoms with Crippen LogP contribution in [0, 0.1) is 19.7 Å². The number of carbonyl (C=O) groups excluding carboxylic acids is 1. The van der Waals surface area contributed by atoms with Crippen LogP contribution in [-0.2, 0) is 4.74 Å². The van der Waals surface area contributed by atoms with Crippen LogP contribution in [0.2, 0.25) is 5.02 Å². The van der Waals surface area contributed by atoms with Crippen molar-refractivity contribution in [2.75, 3.05) is 6.61 Å². The van der Waals surface area contributed by atoms with E-state index in [1.165, 1.54) is 25.1 Å². The molecule has 0 aliphatic heterocycles. The number of allylic oxidation sites excluding steroid dienone is 1. The third-order valence-electron chi connectivity index (χ3n) is 4.17. The summed E-state index contributed by atoms with van der Waals surface area (Å²) in [7, 11) is 0. The van der Waals surface area contributed by atoms with Crippen molar-refractivity contribution >= 4 is 23.6 Å². The fraction of sp³-hybridized carbons (Fsp3) is 0.286. The number of hydrogen-bond donors (Lipinski definition) is 0. The number of rotatable bonds is 5. The highest BCUT2D eigenvalue weighted by molar-refractivity contribution is 6.30. The highest BCUT2D eigenvalue weighted by Crippen LogP contribution is 2.38. The van der Waals surface area contributed by atoms with Crippen LogP contribution >= 0.6 is 11.6 Å². The molecule has 0 aliphatic carbocycles. The van der Waals surface area contributed by atoms with Crippen molar-refractivity contribution < 1.29 is 27.1 Å². The maximum Gasteiger partial charge on any atom is 0.399 e. The van der Waals surface area contributed by atoms with Crippen molar-refractivity contribution in [3.8, 4) is 0 Å². The van der Waals surface area contributed by atoms with Crippen molar-refractivity contribution in [2.45, 2.75) is 32.9 Å². The summed E-state index contributed by atoms with van der Waals surface area (Å²) in [5, 5.41) is -0.354. The Morgan fingerprint density at radius 2 is 1.86 bits per heavy atom. The zero-order valence-corrected chi connectivity index (χ0v) is 16.3. The first kappa shape index (κ1) is 22.0. The molecule has 2 rings (SSSR count). The number of aryl methyl sites for hydroxylation is 2. The molecule has 0 spiro atoms. The van der Waals surface area contributed by atoms with Crippen molar-refractivity contribution in [2.24, 2.45) is 0 Å². The third-order valence-corrected chi connectivity index (χ3v) is 4.45. The minimum atomic E-state index is -4.58. The van der Waals surface area contributed by atoms with Crippen LogP contribution in [-0.4, -0.2) is 18.8 Å². The maximum absolute atomic E-state index is 13.7. The number of alkyl halides is 3. The highest BCUT2D eigenvalue weighted by atomic mass is 35.5. The van der Waals surface area contributed by atoms with Crippen LogP contribution in [0.5, 0.6) is 0 Å². The monoisotopic (exact) mass is 414 g/mol. The number of carbonyl (C=O) groups is 1. The summed E-state index contributed by atoms with van der Waals surface area (Å²) >= 11 is 5.71. The van der Waals surface area contributed by atoms with E-state index in [-0.39, 0.29) is 22.8 Å². The Balaban J connectivity index is 2.37. The van der Waals surface area contributed by atoms with Gasteiger partial charge in [-0.1, -0.05) is 42.0 Å². The number of esters is 1. The molecule has 2 nitrogen and oxygen atoms in total. The van der Waals surface area contributed by atoms with E-state index in [0.717, 1.165) is 18.2 Å². The molecule has 2 aromatic carbocycles. The van der Waals surface area contributed by atoms with E-state index in [9.17, 15) is 22.4 Å². The first-order valence-electron chi connectivity index (χ1n) is 8.52. The Morgan fingerprint density at radius 1 is 1.18 bits per heavy atom. The van der Waals surface area contributed by atoms with Gasteiger partial charge >= 0.3 is 12.1 Å². The van der Waals surface area contributed by atoms with Crippen molar-refractivity contribution in [3.05, 3.63) is 75.1 Å². The predicted octanol–water partition coefficient (Wildman–Crippen LogP) is 6.63. The molecule has 1 atom stereocenters. The molecule has 0 aromatic heterocycles. The van der Waals surface area contributed by atoms with Crippen LogP contribution < -0.4 is 0 Å². The zero-order valence-electron chi connectivity index (χ0n) is 15.5.